The number of rotatable bonds is 3. The molecule has 2 heterocycles. The van der Waals surface area contributed by atoms with E-state index < -0.39 is 0 Å². The summed E-state index contributed by atoms with van der Waals surface area (Å²) in [6.07, 6.45) is 0. The number of carbonyl (C=O) groups is 1. The smallest absolute Gasteiger partial charge is 0.255 e. The summed E-state index contributed by atoms with van der Waals surface area (Å²) in [4.78, 5) is 20.1. The molecule has 1 amide bonds. The van der Waals surface area contributed by atoms with Crippen molar-refractivity contribution in [2.75, 3.05) is 38.2 Å². The van der Waals surface area contributed by atoms with E-state index in [1.807, 2.05) is 36.9 Å². The summed E-state index contributed by atoms with van der Waals surface area (Å²) >= 11 is 0. The largest absolute Gasteiger partial charge is 0.497 e. The van der Waals surface area contributed by atoms with Gasteiger partial charge in [0.25, 0.3) is 5.91 Å². The minimum atomic E-state index is 0.126. The van der Waals surface area contributed by atoms with Gasteiger partial charge in [-0.3, -0.25) is 4.79 Å². The summed E-state index contributed by atoms with van der Waals surface area (Å²) in [7, 11) is 1.67. The van der Waals surface area contributed by atoms with Crippen molar-refractivity contribution < 1.29 is 9.53 Å². The first-order valence-electron chi connectivity index (χ1n) is 7.93. The van der Waals surface area contributed by atoms with Gasteiger partial charge in [0.05, 0.1) is 12.7 Å². The maximum atomic E-state index is 12.6. The average Bonchev–Trinajstić information content (AvgIpc) is 2.93. The van der Waals surface area contributed by atoms with E-state index >= 15 is 0 Å². The van der Waals surface area contributed by atoms with E-state index in [2.05, 4.69) is 22.0 Å². The molecule has 1 aromatic carbocycles. The van der Waals surface area contributed by atoms with Crippen molar-refractivity contribution in [2.24, 2.45) is 0 Å². The van der Waals surface area contributed by atoms with E-state index in [0.717, 1.165) is 48.9 Å². The van der Waals surface area contributed by atoms with E-state index in [0.29, 0.717) is 0 Å². The number of aryl methyl sites for hydroxylation is 2. The fraction of sp³-hybridized carbons (Fsp3) is 0.389. The van der Waals surface area contributed by atoms with Crippen LogP contribution in [0.3, 0.4) is 0 Å². The van der Waals surface area contributed by atoms with E-state index in [4.69, 9.17) is 4.74 Å². The minimum Gasteiger partial charge on any atom is -0.497 e. The topological polar surface area (TPSA) is 48.6 Å². The average molecular weight is 313 g/mol. The van der Waals surface area contributed by atoms with Gasteiger partial charge in [0, 0.05) is 43.3 Å². The molecule has 23 heavy (non-hydrogen) atoms. The molecule has 3 rings (SSSR count). The fourth-order valence-corrected chi connectivity index (χ4v) is 3.08. The van der Waals surface area contributed by atoms with Gasteiger partial charge in [-0.15, -0.1) is 0 Å². The first-order valence-corrected chi connectivity index (χ1v) is 7.93. The summed E-state index contributed by atoms with van der Waals surface area (Å²) in [6, 6.07) is 10.0. The third-order valence-electron chi connectivity index (χ3n) is 4.38. The molecule has 0 bridgehead atoms. The number of hydrogen-bond acceptors (Lipinski definition) is 3. The van der Waals surface area contributed by atoms with Crippen LogP contribution in [0.5, 0.6) is 5.75 Å². The Balaban J connectivity index is 1.63. The molecular formula is C18H23N3O2. The zero-order valence-corrected chi connectivity index (χ0v) is 13.9. The molecule has 5 heteroatoms. The summed E-state index contributed by atoms with van der Waals surface area (Å²) in [5, 5.41) is 0. The summed E-state index contributed by atoms with van der Waals surface area (Å²) in [6.45, 7) is 7.11. The third kappa shape index (κ3) is 3.18. The predicted molar refractivity (Wildman–Crippen MR) is 91.4 cm³/mol. The van der Waals surface area contributed by atoms with Crippen LogP contribution >= 0.6 is 0 Å². The van der Waals surface area contributed by atoms with Crippen molar-refractivity contribution >= 4 is 11.6 Å². The van der Waals surface area contributed by atoms with E-state index in [1.165, 1.54) is 5.69 Å². The molecule has 1 aliphatic rings. The number of amides is 1. The Morgan fingerprint density at radius 1 is 1.09 bits per heavy atom. The lowest BCUT2D eigenvalue weighted by Crippen LogP contribution is -2.48. The van der Waals surface area contributed by atoms with Crippen molar-refractivity contribution in [3.05, 3.63) is 47.3 Å². The van der Waals surface area contributed by atoms with Crippen LogP contribution in [0.15, 0.2) is 30.3 Å². The number of piperazine rings is 1. The van der Waals surface area contributed by atoms with Gasteiger partial charge in [-0.25, -0.2) is 0 Å². The molecule has 0 aliphatic carbocycles. The molecule has 0 radical (unpaired) electrons. The van der Waals surface area contributed by atoms with Gasteiger partial charge in [-0.1, -0.05) is 0 Å². The Kier molecular flexibility index (Phi) is 4.28. The van der Waals surface area contributed by atoms with Crippen LogP contribution in [0.1, 0.15) is 21.7 Å². The lowest BCUT2D eigenvalue weighted by Gasteiger charge is -2.36. The molecule has 1 aromatic heterocycles. The molecule has 1 aliphatic heterocycles. The number of methoxy groups -OCH3 is 1. The van der Waals surface area contributed by atoms with Crippen LogP contribution in [0.4, 0.5) is 5.69 Å². The van der Waals surface area contributed by atoms with Crippen LogP contribution < -0.4 is 9.64 Å². The highest BCUT2D eigenvalue weighted by molar-refractivity contribution is 5.95. The lowest BCUT2D eigenvalue weighted by atomic mass is 10.2. The first-order chi connectivity index (χ1) is 11.1. The highest BCUT2D eigenvalue weighted by atomic mass is 16.5. The number of H-pyrrole nitrogens is 1. The molecule has 0 atom stereocenters. The van der Waals surface area contributed by atoms with Gasteiger partial charge in [-0.2, -0.15) is 0 Å². The third-order valence-corrected chi connectivity index (χ3v) is 4.38. The summed E-state index contributed by atoms with van der Waals surface area (Å²) < 4.78 is 5.19. The molecule has 1 saturated heterocycles. The summed E-state index contributed by atoms with van der Waals surface area (Å²) in [5.41, 5.74) is 3.94. The number of ether oxygens (including phenoxy) is 1. The van der Waals surface area contributed by atoms with Gasteiger partial charge >= 0.3 is 0 Å². The fourth-order valence-electron chi connectivity index (χ4n) is 3.08. The monoisotopic (exact) mass is 313 g/mol. The van der Waals surface area contributed by atoms with Crippen molar-refractivity contribution in [3.63, 3.8) is 0 Å². The Labute approximate surface area is 136 Å². The Morgan fingerprint density at radius 3 is 2.26 bits per heavy atom. The molecule has 1 N–H and O–H groups in total. The number of hydrogen-bond donors (Lipinski definition) is 1. The number of nitrogens with one attached hydrogen (secondary N) is 1. The van der Waals surface area contributed by atoms with Crippen LogP contribution in [-0.4, -0.2) is 49.1 Å². The van der Waals surface area contributed by atoms with Gasteiger partial charge in [0.2, 0.25) is 0 Å². The second kappa shape index (κ2) is 6.36. The number of nitrogens with zero attached hydrogens (tertiary/aromatic N) is 2. The number of aromatic amines is 1. The Hall–Kier alpha value is -2.43. The second-order valence-electron chi connectivity index (χ2n) is 5.97. The molecule has 2 aromatic rings. The van der Waals surface area contributed by atoms with Gasteiger partial charge < -0.3 is 19.5 Å². The van der Waals surface area contributed by atoms with E-state index in [1.54, 1.807) is 7.11 Å². The van der Waals surface area contributed by atoms with Crippen molar-refractivity contribution in [1.82, 2.24) is 9.88 Å². The standard InChI is InChI=1S/C18H23N3O2/c1-13-12-17(14(2)19-13)18(22)21-10-8-20(9-11-21)15-4-6-16(23-3)7-5-15/h4-7,12,19H,8-11H2,1-3H3. The van der Waals surface area contributed by atoms with Crippen molar-refractivity contribution in [3.8, 4) is 5.75 Å². The van der Waals surface area contributed by atoms with Gasteiger partial charge in [-0.05, 0) is 44.2 Å². The molecule has 0 saturated carbocycles. The van der Waals surface area contributed by atoms with Crippen LogP contribution in [0, 0.1) is 13.8 Å². The van der Waals surface area contributed by atoms with Crippen molar-refractivity contribution in [2.45, 2.75) is 13.8 Å². The number of anilines is 1. The molecular weight excluding hydrogens is 290 g/mol. The van der Waals surface area contributed by atoms with Crippen LogP contribution in [0.25, 0.3) is 0 Å². The van der Waals surface area contributed by atoms with Crippen LogP contribution in [0.2, 0.25) is 0 Å². The molecule has 122 valence electrons. The minimum absolute atomic E-state index is 0.126. The maximum Gasteiger partial charge on any atom is 0.255 e. The van der Waals surface area contributed by atoms with E-state index in [9.17, 15) is 4.79 Å². The number of aromatic nitrogens is 1. The number of benzene rings is 1. The quantitative estimate of drug-likeness (QED) is 0.947. The highest BCUT2D eigenvalue weighted by Gasteiger charge is 2.24. The number of carbonyl (C=O) groups excluding carboxylic acids is 1. The van der Waals surface area contributed by atoms with Gasteiger partial charge in [0.1, 0.15) is 5.75 Å². The Morgan fingerprint density at radius 2 is 1.74 bits per heavy atom. The first kappa shape index (κ1) is 15.5. The molecule has 1 fully saturated rings. The molecule has 0 spiro atoms. The molecule has 5 nitrogen and oxygen atoms in total. The predicted octanol–water partition coefficient (Wildman–Crippen LogP) is 2.60. The lowest BCUT2D eigenvalue weighted by molar-refractivity contribution is 0.0746. The highest BCUT2D eigenvalue weighted by Crippen LogP contribution is 2.21. The Bertz CT molecular complexity index is 683. The van der Waals surface area contributed by atoms with Crippen LogP contribution in [-0.2, 0) is 0 Å². The van der Waals surface area contributed by atoms with Crippen molar-refractivity contribution in [1.29, 1.82) is 0 Å². The second-order valence-corrected chi connectivity index (χ2v) is 5.97. The zero-order valence-electron chi connectivity index (χ0n) is 13.9. The molecule has 0 unspecified atom stereocenters. The summed E-state index contributed by atoms with van der Waals surface area (Å²) in [5.74, 6) is 0.988. The SMILES string of the molecule is COc1ccc(N2CCN(C(=O)c3cc(C)[nH]c3C)CC2)cc1. The maximum absolute atomic E-state index is 12.6. The zero-order chi connectivity index (χ0) is 16.4. The van der Waals surface area contributed by atoms with E-state index in [-0.39, 0.29) is 5.91 Å². The van der Waals surface area contributed by atoms with Gasteiger partial charge in [0.15, 0.2) is 0 Å². The normalized spacial score (nSPS) is 14.9.